The average Bonchev–Trinajstić information content (AvgIpc) is 3.08. The molecule has 4 rings (SSSR count). The number of ether oxygens (including phenoxy) is 1. The van der Waals surface area contributed by atoms with Gasteiger partial charge in [0, 0.05) is 30.0 Å². The van der Waals surface area contributed by atoms with Crippen molar-refractivity contribution >= 4 is 34.6 Å². The highest BCUT2D eigenvalue weighted by molar-refractivity contribution is 6.31. The highest BCUT2D eigenvalue weighted by Gasteiger charge is 2.26. The van der Waals surface area contributed by atoms with Crippen molar-refractivity contribution in [2.24, 2.45) is 0 Å². The molecule has 1 N–H and O–H groups in total. The Morgan fingerprint density at radius 2 is 1.93 bits per heavy atom. The maximum Gasteiger partial charge on any atom is 0.290 e. The lowest BCUT2D eigenvalue weighted by molar-refractivity contribution is 0.0294. The largest absolute Gasteiger partial charge is 0.378 e. The maximum absolute atomic E-state index is 12.9. The first kappa shape index (κ1) is 17.5. The van der Waals surface area contributed by atoms with Crippen LogP contribution in [-0.4, -0.2) is 52.4 Å². The van der Waals surface area contributed by atoms with E-state index in [9.17, 15) is 9.59 Å². The number of nitrogens with one attached hydrogen (secondary N) is 1. The number of rotatable bonds is 3. The van der Waals surface area contributed by atoms with E-state index in [0.29, 0.717) is 42.5 Å². The van der Waals surface area contributed by atoms with Crippen LogP contribution in [0.1, 0.15) is 21.1 Å². The molecule has 0 radical (unpaired) electrons. The van der Waals surface area contributed by atoms with E-state index in [2.05, 4.69) is 10.3 Å². The molecule has 1 aliphatic heterocycles. The number of carbonyl (C=O) groups excluding carboxylic acids is 2. The summed E-state index contributed by atoms with van der Waals surface area (Å²) in [4.78, 5) is 31.7. The van der Waals surface area contributed by atoms with Crippen LogP contribution in [0.5, 0.6) is 0 Å². The van der Waals surface area contributed by atoms with Crippen LogP contribution in [0.2, 0.25) is 5.02 Å². The van der Waals surface area contributed by atoms with Crippen LogP contribution < -0.4 is 5.32 Å². The molecule has 1 fully saturated rings. The summed E-state index contributed by atoms with van der Waals surface area (Å²) in [5, 5.41) is 3.30. The Bertz CT molecular complexity index is 1010. The highest BCUT2D eigenvalue weighted by atomic mass is 35.5. The average molecular weight is 385 g/mol. The Morgan fingerprint density at radius 3 is 2.70 bits per heavy atom. The van der Waals surface area contributed by atoms with Crippen LogP contribution in [0.3, 0.4) is 0 Å². The summed E-state index contributed by atoms with van der Waals surface area (Å²) in [6, 6.07) is 12.2. The molecule has 0 bridgehead atoms. The monoisotopic (exact) mass is 384 g/mol. The molecule has 2 aromatic heterocycles. The summed E-state index contributed by atoms with van der Waals surface area (Å²) in [6.45, 7) is 2.00. The third-order valence-corrected chi connectivity index (χ3v) is 4.57. The number of benzene rings is 1. The summed E-state index contributed by atoms with van der Waals surface area (Å²) in [5.41, 5.74) is 1.31. The molecule has 1 aliphatic rings. The molecule has 0 spiro atoms. The van der Waals surface area contributed by atoms with Crippen LogP contribution >= 0.6 is 11.6 Å². The van der Waals surface area contributed by atoms with E-state index in [1.807, 2.05) is 0 Å². The van der Waals surface area contributed by atoms with Gasteiger partial charge in [0.25, 0.3) is 11.8 Å². The first-order valence-corrected chi connectivity index (χ1v) is 8.92. The van der Waals surface area contributed by atoms with E-state index in [1.165, 1.54) is 0 Å². The van der Waals surface area contributed by atoms with Crippen LogP contribution in [-0.2, 0) is 4.74 Å². The second-order valence-electron chi connectivity index (χ2n) is 6.11. The molecule has 27 heavy (non-hydrogen) atoms. The number of aromatic nitrogens is 2. The minimum atomic E-state index is -0.401. The number of amides is 2. The van der Waals surface area contributed by atoms with Crippen molar-refractivity contribution in [1.82, 2.24) is 14.3 Å². The Morgan fingerprint density at radius 1 is 1.11 bits per heavy atom. The summed E-state index contributed by atoms with van der Waals surface area (Å²) in [7, 11) is 0. The molecule has 1 aromatic carbocycles. The number of fused-ring (bicyclic) bond motifs is 1. The quantitative estimate of drug-likeness (QED) is 0.753. The molecule has 2 amide bonds. The number of hydrogen-bond acceptors (Lipinski definition) is 4. The normalized spacial score (nSPS) is 14.3. The number of halogens is 1. The van der Waals surface area contributed by atoms with Gasteiger partial charge >= 0.3 is 0 Å². The fourth-order valence-electron chi connectivity index (χ4n) is 3.02. The molecule has 8 heteroatoms. The van der Waals surface area contributed by atoms with Gasteiger partial charge in [0.05, 0.1) is 18.7 Å². The van der Waals surface area contributed by atoms with Gasteiger partial charge in [-0.15, -0.1) is 0 Å². The maximum atomic E-state index is 12.9. The summed E-state index contributed by atoms with van der Waals surface area (Å²) >= 11 is 5.97. The van der Waals surface area contributed by atoms with E-state index in [0.717, 1.165) is 0 Å². The van der Waals surface area contributed by atoms with Crippen molar-refractivity contribution in [2.45, 2.75) is 0 Å². The molecule has 3 aromatic rings. The van der Waals surface area contributed by atoms with Gasteiger partial charge in [-0.2, -0.15) is 0 Å². The Balaban J connectivity index is 1.69. The van der Waals surface area contributed by atoms with E-state index >= 15 is 0 Å². The third-order valence-electron chi connectivity index (χ3n) is 4.34. The summed E-state index contributed by atoms with van der Waals surface area (Å²) in [6.07, 6.45) is 1.73. The smallest absolute Gasteiger partial charge is 0.290 e. The first-order valence-electron chi connectivity index (χ1n) is 8.54. The lowest BCUT2D eigenvalue weighted by Gasteiger charge is -2.26. The first-order chi connectivity index (χ1) is 13.1. The van der Waals surface area contributed by atoms with Crippen molar-refractivity contribution in [3.63, 3.8) is 0 Å². The van der Waals surface area contributed by atoms with Crippen molar-refractivity contribution in [3.8, 4) is 0 Å². The van der Waals surface area contributed by atoms with Crippen molar-refractivity contribution < 1.29 is 14.3 Å². The Hall–Kier alpha value is -2.90. The molecule has 3 heterocycles. The number of nitrogens with zero attached hydrogens (tertiary/aromatic N) is 3. The van der Waals surface area contributed by atoms with Gasteiger partial charge in [-0.25, -0.2) is 4.98 Å². The van der Waals surface area contributed by atoms with E-state index < -0.39 is 5.91 Å². The molecule has 1 saturated heterocycles. The Labute approximate surface area is 160 Å². The zero-order chi connectivity index (χ0) is 18.8. The minimum Gasteiger partial charge on any atom is -0.378 e. The minimum absolute atomic E-state index is 0.187. The molecule has 138 valence electrons. The predicted molar refractivity (Wildman–Crippen MR) is 101 cm³/mol. The lowest BCUT2D eigenvalue weighted by atomic mass is 10.3. The molecule has 0 saturated carbocycles. The van der Waals surface area contributed by atoms with Crippen LogP contribution in [0, 0.1) is 0 Å². The molecule has 0 unspecified atom stereocenters. The molecular weight excluding hydrogens is 368 g/mol. The van der Waals surface area contributed by atoms with Gasteiger partial charge in [-0.1, -0.05) is 23.7 Å². The lowest BCUT2D eigenvalue weighted by Crippen LogP contribution is -2.41. The van der Waals surface area contributed by atoms with Gasteiger partial charge in [0.15, 0.2) is 5.69 Å². The molecule has 0 atom stereocenters. The predicted octanol–water partition coefficient (Wildman–Crippen LogP) is 2.71. The Kier molecular flexibility index (Phi) is 4.79. The number of imidazole rings is 1. The summed E-state index contributed by atoms with van der Waals surface area (Å²) in [5.74, 6) is -0.410. The van der Waals surface area contributed by atoms with Crippen molar-refractivity contribution in [3.05, 3.63) is 65.2 Å². The SMILES string of the molecule is O=C(Nc1cccc(Cl)c1)c1nc(C(=O)N2CCOCC2)n2ccccc12. The fraction of sp³-hybridized carbons (Fsp3) is 0.211. The van der Waals surface area contributed by atoms with Crippen LogP contribution in [0.15, 0.2) is 48.7 Å². The second kappa shape index (κ2) is 7.38. The topological polar surface area (TPSA) is 75.9 Å². The number of morpholine rings is 1. The van der Waals surface area contributed by atoms with Crippen molar-refractivity contribution in [2.75, 3.05) is 31.6 Å². The number of pyridine rings is 1. The van der Waals surface area contributed by atoms with Gasteiger partial charge < -0.3 is 15.0 Å². The molecule has 0 aliphatic carbocycles. The highest BCUT2D eigenvalue weighted by Crippen LogP contribution is 2.19. The van der Waals surface area contributed by atoms with E-state index in [1.54, 1.807) is 58.0 Å². The van der Waals surface area contributed by atoms with Gasteiger partial charge in [-0.3, -0.25) is 14.0 Å². The molecule has 7 nitrogen and oxygen atoms in total. The summed E-state index contributed by atoms with van der Waals surface area (Å²) < 4.78 is 6.94. The standard InChI is InChI=1S/C19H17ClN4O3/c20-13-4-3-5-14(12-13)21-18(25)16-15-6-1-2-7-24(15)17(22-16)19(26)23-8-10-27-11-9-23/h1-7,12H,8-11H2,(H,21,25). The van der Waals surface area contributed by atoms with Crippen LogP contribution in [0.4, 0.5) is 5.69 Å². The number of carbonyl (C=O) groups is 2. The number of anilines is 1. The number of hydrogen-bond donors (Lipinski definition) is 1. The van der Waals surface area contributed by atoms with Gasteiger partial charge in [0.2, 0.25) is 5.82 Å². The van der Waals surface area contributed by atoms with Gasteiger partial charge in [-0.05, 0) is 30.3 Å². The van der Waals surface area contributed by atoms with E-state index in [4.69, 9.17) is 16.3 Å². The second-order valence-corrected chi connectivity index (χ2v) is 6.55. The van der Waals surface area contributed by atoms with Crippen LogP contribution in [0.25, 0.3) is 5.52 Å². The van der Waals surface area contributed by atoms with E-state index in [-0.39, 0.29) is 17.4 Å². The van der Waals surface area contributed by atoms with Gasteiger partial charge in [0.1, 0.15) is 0 Å². The zero-order valence-corrected chi connectivity index (χ0v) is 15.1. The zero-order valence-electron chi connectivity index (χ0n) is 14.4. The molecular formula is C19H17ClN4O3. The fourth-order valence-corrected chi connectivity index (χ4v) is 3.21. The van der Waals surface area contributed by atoms with Crippen molar-refractivity contribution in [1.29, 1.82) is 0 Å². The third kappa shape index (κ3) is 3.51.